The molecule has 6 heteroatoms. The van der Waals surface area contributed by atoms with E-state index in [9.17, 15) is 4.79 Å². The van der Waals surface area contributed by atoms with Crippen molar-refractivity contribution < 1.29 is 4.79 Å². The molecule has 3 rings (SSSR count). The maximum atomic E-state index is 12.4. The number of hydrogen-bond donors (Lipinski definition) is 2. The normalized spacial score (nSPS) is 17.4. The number of aromatic nitrogens is 1. The molecule has 1 amide bonds. The van der Waals surface area contributed by atoms with Gasteiger partial charge in [-0.3, -0.25) is 9.78 Å². The number of amides is 1. The van der Waals surface area contributed by atoms with Crippen LogP contribution in [0.1, 0.15) is 40.9 Å². The average molecular weight is 297 g/mol. The molecule has 114 valence electrons. The van der Waals surface area contributed by atoms with Crippen molar-refractivity contribution in [1.82, 2.24) is 15.6 Å². The van der Waals surface area contributed by atoms with Crippen molar-refractivity contribution in [3.8, 4) is 12.3 Å². The monoisotopic (exact) mass is 297 g/mol. The second-order valence-electron chi connectivity index (χ2n) is 5.60. The number of nitrogens with one attached hydrogen (secondary N) is 2. The zero-order valence-electron chi connectivity index (χ0n) is 12.4. The summed E-state index contributed by atoms with van der Waals surface area (Å²) in [5.74, 6) is 2.54. The molecule has 0 saturated heterocycles. The summed E-state index contributed by atoms with van der Waals surface area (Å²) in [4.78, 5) is 16.7. The number of carbonyl (C=O) groups is 1. The van der Waals surface area contributed by atoms with Crippen LogP contribution in [0, 0.1) is 12.3 Å². The highest BCUT2D eigenvalue weighted by molar-refractivity contribution is 5.95. The molecular formula is C16H19N5O. The first-order valence-corrected chi connectivity index (χ1v) is 7.57. The molecule has 0 saturated carbocycles. The Hall–Kier alpha value is -2.26. The summed E-state index contributed by atoms with van der Waals surface area (Å²) in [6, 6.07) is 1.78. The minimum atomic E-state index is -0.348. The summed E-state index contributed by atoms with van der Waals surface area (Å²) in [5.41, 5.74) is 2.39. The highest BCUT2D eigenvalue weighted by Crippen LogP contribution is 2.36. The summed E-state index contributed by atoms with van der Waals surface area (Å²) in [7, 11) is 0. The van der Waals surface area contributed by atoms with Crippen LogP contribution in [0.3, 0.4) is 0 Å². The van der Waals surface area contributed by atoms with Crippen molar-refractivity contribution in [2.45, 2.75) is 37.9 Å². The Bertz CT molecular complexity index is 640. The van der Waals surface area contributed by atoms with Gasteiger partial charge in [-0.15, -0.1) is 12.3 Å². The SMILES string of the molecule is C#CCCC1(CCNC(=O)c2ccnc3c2CNCC3)N=N1. The van der Waals surface area contributed by atoms with E-state index >= 15 is 0 Å². The van der Waals surface area contributed by atoms with Crippen LogP contribution in [0.2, 0.25) is 0 Å². The first-order chi connectivity index (χ1) is 10.7. The van der Waals surface area contributed by atoms with Crippen LogP contribution in [0.15, 0.2) is 22.5 Å². The summed E-state index contributed by atoms with van der Waals surface area (Å²) in [5, 5.41) is 14.4. The number of hydrogen-bond acceptors (Lipinski definition) is 5. The number of terminal acetylenes is 1. The quantitative estimate of drug-likeness (QED) is 0.780. The van der Waals surface area contributed by atoms with Crippen molar-refractivity contribution >= 4 is 5.91 Å². The zero-order valence-corrected chi connectivity index (χ0v) is 12.4. The standard InChI is InChI=1S/C16H19N5O/c1-2-3-6-16(20-21-16)7-10-19-15(22)12-4-9-18-14-5-8-17-11-13(12)14/h1,4,9,17H,3,5-8,10-11H2,(H,19,22). The molecule has 2 N–H and O–H groups in total. The largest absolute Gasteiger partial charge is 0.352 e. The molecule has 1 aromatic rings. The van der Waals surface area contributed by atoms with Gasteiger partial charge in [0.2, 0.25) is 0 Å². The molecule has 0 radical (unpaired) electrons. The van der Waals surface area contributed by atoms with Gasteiger partial charge in [-0.25, -0.2) is 0 Å². The fraction of sp³-hybridized carbons (Fsp3) is 0.500. The van der Waals surface area contributed by atoms with Gasteiger partial charge in [-0.1, -0.05) is 0 Å². The van der Waals surface area contributed by atoms with Crippen LogP contribution in [0.5, 0.6) is 0 Å². The number of fused-ring (bicyclic) bond motifs is 1. The van der Waals surface area contributed by atoms with E-state index in [4.69, 9.17) is 6.42 Å². The fourth-order valence-electron chi connectivity index (χ4n) is 2.72. The van der Waals surface area contributed by atoms with E-state index in [1.165, 1.54) is 0 Å². The predicted octanol–water partition coefficient (Wildman–Crippen LogP) is 1.42. The third-order valence-corrected chi connectivity index (χ3v) is 4.09. The lowest BCUT2D eigenvalue weighted by Crippen LogP contribution is -2.32. The van der Waals surface area contributed by atoms with Crippen molar-refractivity contribution in [3.63, 3.8) is 0 Å². The molecule has 0 unspecified atom stereocenters. The lowest BCUT2D eigenvalue weighted by atomic mass is 10.0. The first kappa shape index (κ1) is 14.7. The molecule has 0 fully saturated rings. The number of rotatable bonds is 6. The Kier molecular flexibility index (Phi) is 4.16. The van der Waals surface area contributed by atoms with Gasteiger partial charge in [-0.05, 0) is 6.07 Å². The maximum absolute atomic E-state index is 12.4. The third kappa shape index (κ3) is 3.15. The van der Waals surface area contributed by atoms with Crippen LogP contribution in [0.4, 0.5) is 0 Å². The number of pyridine rings is 1. The lowest BCUT2D eigenvalue weighted by Gasteiger charge is -2.19. The molecule has 3 heterocycles. The van der Waals surface area contributed by atoms with Crippen LogP contribution in [0.25, 0.3) is 0 Å². The number of carbonyl (C=O) groups excluding carboxylic acids is 1. The van der Waals surface area contributed by atoms with Gasteiger partial charge in [-0.2, -0.15) is 10.2 Å². The highest BCUT2D eigenvalue weighted by Gasteiger charge is 2.38. The van der Waals surface area contributed by atoms with Crippen LogP contribution in [-0.2, 0) is 13.0 Å². The minimum Gasteiger partial charge on any atom is -0.352 e. The molecule has 2 aliphatic heterocycles. The Balaban J connectivity index is 1.56. The maximum Gasteiger partial charge on any atom is 0.251 e. The third-order valence-electron chi connectivity index (χ3n) is 4.09. The second kappa shape index (κ2) is 6.24. The molecule has 2 aliphatic rings. The van der Waals surface area contributed by atoms with Gasteiger partial charge in [0.1, 0.15) is 0 Å². The van der Waals surface area contributed by atoms with E-state index in [0.29, 0.717) is 31.5 Å². The highest BCUT2D eigenvalue weighted by atomic mass is 16.1. The first-order valence-electron chi connectivity index (χ1n) is 7.57. The van der Waals surface area contributed by atoms with Gasteiger partial charge in [0.25, 0.3) is 5.91 Å². The van der Waals surface area contributed by atoms with Crippen LogP contribution < -0.4 is 10.6 Å². The van der Waals surface area contributed by atoms with E-state index in [2.05, 4.69) is 31.8 Å². The van der Waals surface area contributed by atoms with E-state index in [1.807, 2.05) is 0 Å². The van der Waals surface area contributed by atoms with E-state index in [1.54, 1.807) is 12.3 Å². The topological polar surface area (TPSA) is 78.7 Å². The van der Waals surface area contributed by atoms with Crippen molar-refractivity contribution in [2.75, 3.05) is 13.1 Å². The minimum absolute atomic E-state index is 0.0601. The molecular weight excluding hydrogens is 278 g/mol. The van der Waals surface area contributed by atoms with E-state index in [-0.39, 0.29) is 11.6 Å². The van der Waals surface area contributed by atoms with Crippen LogP contribution >= 0.6 is 0 Å². The fourth-order valence-corrected chi connectivity index (χ4v) is 2.72. The van der Waals surface area contributed by atoms with Crippen LogP contribution in [-0.4, -0.2) is 29.6 Å². The average Bonchev–Trinajstić information content (AvgIpc) is 3.32. The summed E-state index contributed by atoms with van der Waals surface area (Å²) >= 11 is 0. The van der Waals surface area contributed by atoms with Gasteiger partial charge in [0.05, 0.1) is 0 Å². The van der Waals surface area contributed by atoms with E-state index in [0.717, 1.165) is 30.6 Å². The molecule has 0 spiro atoms. The molecule has 0 aliphatic carbocycles. The summed E-state index contributed by atoms with van der Waals surface area (Å²) in [6.45, 7) is 2.15. The second-order valence-corrected chi connectivity index (χ2v) is 5.60. The Morgan fingerprint density at radius 2 is 2.32 bits per heavy atom. The van der Waals surface area contributed by atoms with E-state index < -0.39 is 0 Å². The van der Waals surface area contributed by atoms with Gasteiger partial charge < -0.3 is 10.6 Å². The lowest BCUT2D eigenvalue weighted by molar-refractivity contribution is 0.0950. The summed E-state index contributed by atoms with van der Waals surface area (Å²) < 4.78 is 0. The molecule has 0 bridgehead atoms. The molecule has 6 nitrogen and oxygen atoms in total. The van der Waals surface area contributed by atoms with Crippen molar-refractivity contribution in [2.24, 2.45) is 10.2 Å². The van der Waals surface area contributed by atoms with Gasteiger partial charge in [0.15, 0.2) is 5.66 Å². The van der Waals surface area contributed by atoms with Crippen molar-refractivity contribution in [1.29, 1.82) is 0 Å². The molecule has 0 atom stereocenters. The number of nitrogens with zero attached hydrogens (tertiary/aromatic N) is 3. The molecule has 1 aromatic heterocycles. The predicted molar refractivity (Wildman–Crippen MR) is 82.3 cm³/mol. The molecule has 22 heavy (non-hydrogen) atoms. The van der Waals surface area contributed by atoms with Gasteiger partial charge in [0, 0.05) is 68.3 Å². The van der Waals surface area contributed by atoms with Gasteiger partial charge >= 0.3 is 0 Å². The molecule has 0 aromatic carbocycles. The van der Waals surface area contributed by atoms with Crippen molar-refractivity contribution in [3.05, 3.63) is 29.1 Å². The Morgan fingerprint density at radius 1 is 1.45 bits per heavy atom. The smallest absolute Gasteiger partial charge is 0.251 e. The summed E-state index contributed by atoms with van der Waals surface area (Å²) in [6.07, 6.45) is 9.95. The zero-order chi connectivity index (χ0) is 15.4. The Labute approximate surface area is 129 Å². The Morgan fingerprint density at radius 3 is 3.09 bits per heavy atom.